The van der Waals surface area contributed by atoms with Gasteiger partial charge in [-0.2, -0.15) is 0 Å². The van der Waals surface area contributed by atoms with Crippen molar-refractivity contribution >= 4 is 0 Å². The van der Waals surface area contributed by atoms with Gasteiger partial charge in [-0.25, -0.2) is 0 Å². The molecule has 0 spiro atoms. The van der Waals surface area contributed by atoms with Gasteiger partial charge >= 0.3 is 17.4 Å². The number of nitrogens with zero attached hydrogens (tertiary/aromatic N) is 3. The molecule has 0 aromatic rings. The molecule has 0 amide bonds. The topological polar surface area (TPSA) is 388 Å². The van der Waals surface area contributed by atoms with Crippen LogP contribution in [0, 0.1) is 46.0 Å². The predicted molar refractivity (Wildman–Crippen MR) is 52.8 cm³/mol. The van der Waals surface area contributed by atoms with Crippen molar-refractivity contribution in [3.8, 4) is 0 Å². The van der Waals surface area contributed by atoms with E-state index >= 15 is 0 Å². The van der Waals surface area contributed by atoms with Gasteiger partial charge in [-0.15, -0.1) is 0 Å². The van der Waals surface area contributed by atoms with Crippen molar-refractivity contribution < 1.29 is 65.5 Å². The zero-order chi connectivity index (χ0) is 10.7. The van der Waals surface area contributed by atoms with Gasteiger partial charge in [0.1, 0.15) is 0 Å². The van der Waals surface area contributed by atoms with E-state index in [1.165, 1.54) is 0 Å². The van der Waals surface area contributed by atoms with Gasteiger partial charge in [0.2, 0.25) is 0 Å². The van der Waals surface area contributed by atoms with Crippen LogP contribution in [0.3, 0.4) is 0 Å². The Morgan fingerprint density at radius 3 is 0.421 bits per heavy atom. The number of hydrogen-bond acceptors (Lipinski definition) is 9. The molecule has 0 bridgehead atoms. The van der Waals surface area contributed by atoms with Gasteiger partial charge in [-0.3, -0.25) is 0 Å². The standard InChI is InChI=1S/Cr.3NO3.6H2O/c;3*2-1(3)4;;;;;;/h;;;;6*1H2/q+3;3*-1;;;;;;. The molecule has 0 saturated heterocycles. The van der Waals surface area contributed by atoms with Gasteiger partial charge in [-0.1, -0.05) is 0 Å². The average Bonchev–Trinajstić information content (AvgIpc) is 1.54. The summed E-state index contributed by atoms with van der Waals surface area (Å²) >= 11 is 0. The molecule has 0 aromatic heterocycles. The molecule has 18 nitrogen and oxygen atoms in total. The summed E-state index contributed by atoms with van der Waals surface area (Å²) < 4.78 is 0. The summed E-state index contributed by atoms with van der Waals surface area (Å²) in [5, 5.41) is 44.2. The fourth-order valence-corrected chi connectivity index (χ4v) is 0. The molecule has 1 radical (unpaired) electrons. The van der Waals surface area contributed by atoms with Crippen molar-refractivity contribution in [2.75, 3.05) is 0 Å². The van der Waals surface area contributed by atoms with E-state index in [9.17, 15) is 0 Å². The van der Waals surface area contributed by atoms with Crippen LogP contribution in [0.25, 0.3) is 0 Å². The van der Waals surface area contributed by atoms with Crippen LogP contribution in [0.2, 0.25) is 0 Å². The third-order valence-electron chi connectivity index (χ3n) is 0. The van der Waals surface area contributed by atoms with E-state index in [1.807, 2.05) is 0 Å². The Hall–Kier alpha value is -2.11. The SMILES string of the molecule is O.O.O.O.O.O.O=[N+]([O-])[O-].O=[N+]([O-])[O-].O=[N+]([O-])[O-].[Cr+3]. The van der Waals surface area contributed by atoms with Crippen LogP contribution in [-0.2, 0) is 17.4 Å². The molecule has 19 heteroatoms. The van der Waals surface area contributed by atoms with Crippen molar-refractivity contribution in [1.29, 1.82) is 0 Å². The summed E-state index contributed by atoms with van der Waals surface area (Å²) in [7, 11) is 0. The van der Waals surface area contributed by atoms with Crippen molar-refractivity contribution in [3.05, 3.63) is 46.0 Å². The van der Waals surface area contributed by atoms with Crippen LogP contribution in [0.1, 0.15) is 0 Å². The molecular weight excluding hydrogens is 334 g/mol. The average molecular weight is 346 g/mol. The van der Waals surface area contributed by atoms with Crippen LogP contribution in [0.15, 0.2) is 0 Å². The van der Waals surface area contributed by atoms with Crippen LogP contribution in [-0.4, -0.2) is 48.1 Å². The van der Waals surface area contributed by atoms with Crippen molar-refractivity contribution in [1.82, 2.24) is 0 Å². The first-order chi connectivity index (χ1) is 5.20. The molecule has 123 valence electrons. The third-order valence-corrected chi connectivity index (χ3v) is 0. The quantitative estimate of drug-likeness (QED) is 0.297. The van der Waals surface area contributed by atoms with E-state index < -0.39 is 15.3 Å². The van der Waals surface area contributed by atoms with E-state index in [-0.39, 0.29) is 50.2 Å². The summed E-state index contributed by atoms with van der Waals surface area (Å²) in [6.07, 6.45) is 0. The molecule has 0 saturated carbocycles. The monoisotopic (exact) mass is 346 g/mol. The summed E-state index contributed by atoms with van der Waals surface area (Å²) in [6, 6.07) is 0. The molecule has 0 unspecified atom stereocenters. The first kappa shape index (κ1) is 89.8. The van der Waals surface area contributed by atoms with E-state index in [2.05, 4.69) is 0 Å². The van der Waals surface area contributed by atoms with Crippen molar-refractivity contribution in [3.63, 3.8) is 0 Å². The van der Waals surface area contributed by atoms with Gasteiger partial charge in [0.05, 0.1) is 15.3 Å². The maximum absolute atomic E-state index is 8.25. The van der Waals surface area contributed by atoms with Gasteiger partial charge in [0, 0.05) is 0 Å². The largest absolute Gasteiger partial charge is 3.00 e. The van der Waals surface area contributed by atoms with E-state index in [0.29, 0.717) is 0 Å². The smallest absolute Gasteiger partial charge is 0.412 e. The van der Waals surface area contributed by atoms with Crippen molar-refractivity contribution in [2.45, 2.75) is 0 Å². The number of hydrogen-bond donors (Lipinski definition) is 0. The first-order valence-electron chi connectivity index (χ1n) is 1.64. The van der Waals surface area contributed by atoms with Gasteiger partial charge in [0.25, 0.3) is 0 Å². The molecule has 19 heavy (non-hydrogen) atoms. The van der Waals surface area contributed by atoms with Crippen molar-refractivity contribution in [2.24, 2.45) is 0 Å². The summed E-state index contributed by atoms with van der Waals surface area (Å²) in [5.41, 5.74) is 0. The predicted octanol–water partition coefficient (Wildman–Crippen LogP) is -5.67. The van der Waals surface area contributed by atoms with E-state index in [1.54, 1.807) is 0 Å². The molecule has 0 aliphatic carbocycles. The Kier molecular flexibility index (Phi) is 351. The zero-order valence-electron chi connectivity index (χ0n) is 8.42. The zero-order valence-corrected chi connectivity index (χ0v) is 9.70. The molecule has 0 aliphatic rings. The van der Waals surface area contributed by atoms with Gasteiger partial charge < -0.3 is 78.8 Å². The number of rotatable bonds is 0. The maximum atomic E-state index is 8.25. The summed E-state index contributed by atoms with van der Waals surface area (Å²) in [5.74, 6) is 0. The molecule has 0 fully saturated rings. The van der Waals surface area contributed by atoms with Crippen LogP contribution < -0.4 is 0 Å². The van der Waals surface area contributed by atoms with E-state index in [4.69, 9.17) is 46.0 Å². The van der Waals surface area contributed by atoms with Crippen LogP contribution in [0.4, 0.5) is 0 Å². The Morgan fingerprint density at radius 2 is 0.421 bits per heavy atom. The minimum Gasteiger partial charge on any atom is -0.412 e. The fraction of sp³-hybridized carbons (Fsp3) is 0. The molecule has 0 rings (SSSR count). The minimum atomic E-state index is -1.75. The molecule has 0 atom stereocenters. The van der Waals surface area contributed by atoms with E-state index in [0.717, 1.165) is 0 Å². The Balaban J connectivity index is -0.00000000675. The molecule has 0 aliphatic heterocycles. The van der Waals surface area contributed by atoms with Gasteiger partial charge in [0.15, 0.2) is 0 Å². The van der Waals surface area contributed by atoms with Gasteiger partial charge in [-0.05, 0) is 0 Å². The van der Waals surface area contributed by atoms with Crippen LogP contribution >= 0.6 is 0 Å². The molecule has 0 heterocycles. The second-order valence-electron chi connectivity index (χ2n) is 0.671. The second kappa shape index (κ2) is 74.2. The summed E-state index contributed by atoms with van der Waals surface area (Å²) in [6.45, 7) is 0. The molecule has 0 aromatic carbocycles. The summed E-state index contributed by atoms with van der Waals surface area (Å²) in [4.78, 5) is 24.8. The third kappa shape index (κ3) is 691. The first-order valence-corrected chi connectivity index (χ1v) is 1.64. The molecule has 12 N–H and O–H groups in total. The minimum absolute atomic E-state index is 0. The Morgan fingerprint density at radius 1 is 0.421 bits per heavy atom. The Bertz CT molecular complexity index is 115. The fourth-order valence-electron chi connectivity index (χ4n) is 0. The maximum Gasteiger partial charge on any atom is 3.00 e. The second-order valence-corrected chi connectivity index (χ2v) is 0.671. The Labute approximate surface area is 112 Å². The van der Waals surface area contributed by atoms with Crippen LogP contribution in [0.5, 0.6) is 0 Å². The normalized spacial score (nSPS) is 3.79. The molecular formula is H12CrN3O15.